The maximum absolute atomic E-state index is 12.9. The van der Waals surface area contributed by atoms with Crippen molar-refractivity contribution in [3.8, 4) is 10.6 Å². The van der Waals surface area contributed by atoms with Gasteiger partial charge in [0.25, 0.3) is 5.91 Å². The Morgan fingerprint density at radius 2 is 2.17 bits per heavy atom. The molecule has 0 fully saturated rings. The number of anilines is 1. The first-order valence-corrected chi connectivity index (χ1v) is 11.5. The standard InChI is InChI=1S/C21H23N3O3S2/c1-3-12(2)27-21(26)18-13-7-4-5-8-16(13)29-20(18)22-19(25)15-11-14(23-24-15)17-9-6-10-28-17/h6,9-12H,3-5,7-8H2,1-2H3,(H,22,25)(H,23,24). The van der Waals surface area contributed by atoms with Crippen molar-refractivity contribution in [3.05, 3.63) is 45.3 Å². The number of nitrogens with zero attached hydrogens (tertiary/aromatic N) is 1. The van der Waals surface area contributed by atoms with Crippen LogP contribution in [-0.2, 0) is 17.6 Å². The third-order valence-corrected chi connectivity index (χ3v) is 7.19. The Morgan fingerprint density at radius 3 is 2.93 bits per heavy atom. The highest BCUT2D eigenvalue weighted by Crippen LogP contribution is 2.39. The quantitative estimate of drug-likeness (QED) is 0.522. The van der Waals surface area contributed by atoms with Crippen molar-refractivity contribution in [1.82, 2.24) is 10.2 Å². The van der Waals surface area contributed by atoms with Gasteiger partial charge >= 0.3 is 5.97 Å². The summed E-state index contributed by atoms with van der Waals surface area (Å²) >= 11 is 3.06. The van der Waals surface area contributed by atoms with E-state index >= 15 is 0 Å². The summed E-state index contributed by atoms with van der Waals surface area (Å²) in [5.41, 5.74) is 2.64. The number of thiophene rings is 2. The zero-order chi connectivity index (χ0) is 20.4. The molecular weight excluding hydrogens is 406 g/mol. The van der Waals surface area contributed by atoms with Crippen molar-refractivity contribution in [2.24, 2.45) is 0 Å². The lowest BCUT2D eigenvalue weighted by Crippen LogP contribution is -2.19. The Morgan fingerprint density at radius 1 is 1.34 bits per heavy atom. The van der Waals surface area contributed by atoms with Gasteiger partial charge in [-0.15, -0.1) is 22.7 Å². The van der Waals surface area contributed by atoms with Gasteiger partial charge in [0.1, 0.15) is 5.00 Å². The first-order chi connectivity index (χ1) is 14.1. The summed E-state index contributed by atoms with van der Waals surface area (Å²) in [6.45, 7) is 3.86. The van der Waals surface area contributed by atoms with Gasteiger partial charge in [-0.05, 0) is 62.1 Å². The first-order valence-electron chi connectivity index (χ1n) is 9.83. The Kier molecular flexibility index (Phi) is 5.82. The first kappa shape index (κ1) is 19.8. The van der Waals surface area contributed by atoms with Gasteiger partial charge in [0.15, 0.2) is 5.69 Å². The molecular formula is C21H23N3O3S2. The fourth-order valence-electron chi connectivity index (χ4n) is 3.36. The van der Waals surface area contributed by atoms with Gasteiger partial charge in [0.2, 0.25) is 0 Å². The van der Waals surface area contributed by atoms with Crippen LogP contribution in [0.3, 0.4) is 0 Å². The van der Waals surface area contributed by atoms with Crippen molar-refractivity contribution >= 4 is 39.6 Å². The minimum Gasteiger partial charge on any atom is -0.459 e. The molecule has 0 saturated carbocycles. The number of esters is 1. The van der Waals surface area contributed by atoms with E-state index < -0.39 is 0 Å². The maximum Gasteiger partial charge on any atom is 0.341 e. The number of fused-ring (bicyclic) bond motifs is 1. The summed E-state index contributed by atoms with van der Waals surface area (Å²) < 4.78 is 5.59. The van der Waals surface area contributed by atoms with Crippen molar-refractivity contribution in [3.63, 3.8) is 0 Å². The Labute approximate surface area is 177 Å². The number of aromatic nitrogens is 2. The second kappa shape index (κ2) is 8.51. The molecule has 0 bridgehead atoms. The molecule has 0 radical (unpaired) electrons. The van der Waals surface area contributed by atoms with Gasteiger partial charge < -0.3 is 10.1 Å². The predicted octanol–water partition coefficient (Wildman–Crippen LogP) is 5.29. The number of nitrogens with one attached hydrogen (secondary N) is 2. The van der Waals surface area contributed by atoms with Crippen LogP contribution in [0, 0.1) is 0 Å². The zero-order valence-corrected chi connectivity index (χ0v) is 18.0. The summed E-state index contributed by atoms with van der Waals surface area (Å²) in [6, 6.07) is 5.65. The number of aryl methyl sites for hydroxylation is 1. The molecule has 1 atom stereocenters. The van der Waals surface area contributed by atoms with E-state index in [2.05, 4.69) is 15.5 Å². The molecule has 1 amide bonds. The molecule has 0 saturated heterocycles. The van der Waals surface area contributed by atoms with E-state index in [-0.39, 0.29) is 18.0 Å². The molecule has 152 valence electrons. The van der Waals surface area contributed by atoms with Gasteiger partial charge in [0.05, 0.1) is 22.2 Å². The monoisotopic (exact) mass is 429 g/mol. The van der Waals surface area contributed by atoms with Crippen molar-refractivity contribution in [2.75, 3.05) is 5.32 Å². The summed E-state index contributed by atoms with van der Waals surface area (Å²) in [5, 5.41) is 12.5. The number of hydrogen-bond acceptors (Lipinski definition) is 6. The molecule has 6 nitrogen and oxygen atoms in total. The van der Waals surface area contributed by atoms with Gasteiger partial charge in [-0.2, -0.15) is 5.10 Å². The number of rotatable bonds is 6. The van der Waals surface area contributed by atoms with Crippen molar-refractivity contribution in [2.45, 2.75) is 52.1 Å². The Balaban J connectivity index is 1.60. The molecule has 1 aliphatic carbocycles. The number of ether oxygens (including phenoxy) is 1. The van der Waals surface area contributed by atoms with E-state index in [9.17, 15) is 9.59 Å². The van der Waals surface area contributed by atoms with E-state index in [0.29, 0.717) is 16.3 Å². The smallest absolute Gasteiger partial charge is 0.341 e. The van der Waals surface area contributed by atoms with Crippen molar-refractivity contribution in [1.29, 1.82) is 0 Å². The number of H-pyrrole nitrogens is 1. The second-order valence-corrected chi connectivity index (χ2v) is 9.19. The highest BCUT2D eigenvalue weighted by atomic mass is 32.1. The van der Waals surface area contributed by atoms with Crippen LogP contribution in [0.25, 0.3) is 10.6 Å². The average molecular weight is 430 g/mol. The molecule has 0 spiro atoms. The number of amides is 1. The molecule has 2 N–H and O–H groups in total. The van der Waals surface area contributed by atoms with E-state index in [4.69, 9.17) is 4.74 Å². The molecule has 1 aliphatic rings. The highest BCUT2D eigenvalue weighted by Gasteiger charge is 2.28. The fraction of sp³-hybridized carbons (Fsp3) is 0.381. The van der Waals surface area contributed by atoms with Gasteiger partial charge in [-0.1, -0.05) is 13.0 Å². The minimum absolute atomic E-state index is 0.162. The molecule has 3 heterocycles. The number of carbonyl (C=O) groups is 2. The molecule has 0 aliphatic heterocycles. The van der Waals surface area contributed by atoms with Crippen molar-refractivity contribution < 1.29 is 14.3 Å². The third kappa shape index (κ3) is 4.13. The molecule has 29 heavy (non-hydrogen) atoms. The predicted molar refractivity (Wildman–Crippen MR) is 116 cm³/mol. The number of aromatic amines is 1. The fourth-order valence-corrected chi connectivity index (χ4v) is 5.32. The Hall–Kier alpha value is -2.45. The third-order valence-electron chi connectivity index (χ3n) is 5.08. The lowest BCUT2D eigenvalue weighted by molar-refractivity contribution is 0.0335. The molecule has 4 rings (SSSR count). The van der Waals surface area contributed by atoms with Crippen LogP contribution >= 0.6 is 22.7 Å². The summed E-state index contributed by atoms with van der Waals surface area (Å²) in [5.74, 6) is -0.685. The second-order valence-electron chi connectivity index (χ2n) is 7.14. The molecule has 3 aromatic rings. The SMILES string of the molecule is CCC(C)OC(=O)c1c(NC(=O)c2cc(-c3cccs3)[nH]n2)sc2c1CCCC2. The zero-order valence-electron chi connectivity index (χ0n) is 16.4. The van der Waals surface area contributed by atoms with Crippen LogP contribution in [0.2, 0.25) is 0 Å². The molecule has 1 unspecified atom stereocenters. The van der Waals surface area contributed by atoms with Crippen LogP contribution in [0.15, 0.2) is 23.6 Å². The van der Waals surface area contributed by atoms with Crippen LogP contribution < -0.4 is 5.32 Å². The minimum atomic E-state index is -0.352. The molecule has 3 aromatic heterocycles. The summed E-state index contributed by atoms with van der Waals surface area (Å²) in [6.07, 6.45) is 4.51. The summed E-state index contributed by atoms with van der Waals surface area (Å²) in [7, 11) is 0. The van der Waals surface area contributed by atoms with E-state index in [0.717, 1.165) is 48.2 Å². The van der Waals surface area contributed by atoms with Gasteiger partial charge in [-0.25, -0.2) is 4.79 Å². The van der Waals surface area contributed by atoms with E-state index in [1.165, 1.54) is 16.2 Å². The van der Waals surface area contributed by atoms with Crippen LogP contribution in [0.4, 0.5) is 5.00 Å². The normalized spacial score (nSPS) is 14.3. The number of carbonyl (C=O) groups excluding carboxylic acids is 2. The lowest BCUT2D eigenvalue weighted by atomic mass is 9.95. The topological polar surface area (TPSA) is 84.1 Å². The largest absolute Gasteiger partial charge is 0.459 e. The van der Waals surface area contributed by atoms with Gasteiger partial charge in [0, 0.05) is 4.88 Å². The van der Waals surface area contributed by atoms with E-state index in [1.54, 1.807) is 17.4 Å². The van der Waals surface area contributed by atoms with Gasteiger partial charge in [-0.3, -0.25) is 9.89 Å². The van der Waals surface area contributed by atoms with E-state index in [1.807, 2.05) is 31.4 Å². The number of hydrogen-bond donors (Lipinski definition) is 2. The molecule has 0 aromatic carbocycles. The summed E-state index contributed by atoms with van der Waals surface area (Å²) in [4.78, 5) is 27.9. The van der Waals surface area contributed by atoms with Crippen LogP contribution in [0.5, 0.6) is 0 Å². The highest BCUT2D eigenvalue weighted by molar-refractivity contribution is 7.17. The van der Waals surface area contributed by atoms with Crippen LogP contribution in [0.1, 0.15) is 64.4 Å². The maximum atomic E-state index is 12.9. The van der Waals surface area contributed by atoms with Crippen LogP contribution in [-0.4, -0.2) is 28.2 Å². The lowest BCUT2D eigenvalue weighted by Gasteiger charge is -2.15. The average Bonchev–Trinajstić information content (AvgIpc) is 3.45. The molecule has 8 heteroatoms. The Bertz CT molecular complexity index is 1020.